The summed E-state index contributed by atoms with van der Waals surface area (Å²) in [5.74, 6) is 0.492. The molecule has 1 aliphatic carbocycles. The number of carbonyl (C=O) groups excluding carboxylic acids is 1. The van der Waals surface area contributed by atoms with Gasteiger partial charge in [-0.2, -0.15) is 0 Å². The zero-order valence-corrected chi connectivity index (χ0v) is 11.8. The molecule has 1 saturated carbocycles. The van der Waals surface area contributed by atoms with E-state index in [-0.39, 0.29) is 5.78 Å². The highest BCUT2D eigenvalue weighted by atomic mass is 35.5. The second kappa shape index (κ2) is 6.05. The van der Waals surface area contributed by atoms with Gasteiger partial charge in [-0.1, -0.05) is 29.3 Å². The van der Waals surface area contributed by atoms with Gasteiger partial charge < -0.3 is 4.74 Å². The molecule has 0 spiro atoms. The van der Waals surface area contributed by atoms with Crippen LogP contribution < -0.4 is 0 Å². The number of ether oxygens (including phenoxy) is 1. The fourth-order valence-electron chi connectivity index (χ4n) is 2.30. The molecule has 2 rings (SSSR count). The largest absolute Gasteiger partial charge is 0.378 e. The minimum Gasteiger partial charge on any atom is -0.378 e. The maximum atomic E-state index is 12.1. The van der Waals surface area contributed by atoms with Gasteiger partial charge in [0.25, 0.3) is 0 Å². The van der Waals surface area contributed by atoms with Crippen LogP contribution in [0, 0.1) is 5.92 Å². The Labute approximate surface area is 117 Å². The molecule has 1 aromatic rings. The van der Waals surface area contributed by atoms with Crippen molar-refractivity contribution in [1.82, 2.24) is 0 Å². The van der Waals surface area contributed by atoms with E-state index in [9.17, 15) is 4.79 Å². The van der Waals surface area contributed by atoms with Crippen LogP contribution in [0.4, 0.5) is 0 Å². The smallest absolute Gasteiger partial charge is 0.164 e. The SMILES string of the molecule is CCOC1CC(CC(=O)c2cccc(Cl)c2Cl)C1. The Morgan fingerprint density at radius 2 is 2.11 bits per heavy atom. The molecule has 1 aromatic carbocycles. The number of hydrogen-bond donors (Lipinski definition) is 0. The Hall–Kier alpha value is -0.570. The van der Waals surface area contributed by atoms with Crippen LogP contribution in [0.5, 0.6) is 0 Å². The molecule has 0 saturated heterocycles. The molecule has 4 heteroatoms. The molecule has 1 aliphatic rings. The van der Waals surface area contributed by atoms with E-state index in [1.54, 1.807) is 18.2 Å². The molecule has 0 N–H and O–H groups in total. The number of ketones is 1. The third-order valence-electron chi connectivity index (χ3n) is 3.32. The van der Waals surface area contributed by atoms with Crippen molar-refractivity contribution in [2.75, 3.05) is 6.61 Å². The first-order chi connectivity index (χ1) is 8.61. The third kappa shape index (κ3) is 3.05. The quantitative estimate of drug-likeness (QED) is 0.751. The first-order valence-corrected chi connectivity index (χ1v) is 6.96. The van der Waals surface area contributed by atoms with E-state index in [1.165, 1.54) is 0 Å². The number of benzene rings is 1. The topological polar surface area (TPSA) is 26.3 Å². The number of Topliss-reactive ketones (excluding diaryl/α,β-unsaturated/α-hetero) is 1. The molecule has 0 radical (unpaired) electrons. The molecule has 18 heavy (non-hydrogen) atoms. The van der Waals surface area contributed by atoms with Gasteiger partial charge in [-0.3, -0.25) is 4.79 Å². The van der Waals surface area contributed by atoms with E-state index in [0.29, 0.717) is 34.1 Å². The fraction of sp³-hybridized carbons (Fsp3) is 0.500. The molecule has 1 fully saturated rings. The van der Waals surface area contributed by atoms with Crippen LogP contribution in [0.1, 0.15) is 36.5 Å². The summed E-state index contributed by atoms with van der Waals surface area (Å²) in [6.07, 6.45) is 2.81. The lowest BCUT2D eigenvalue weighted by atomic mass is 9.78. The van der Waals surface area contributed by atoms with Gasteiger partial charge in [0.1, 0.15) is 0 Å². The van der Waals surface area contributed by atoms with Crippen molar-refractivity contribution in [2.45, 2.75) is 32.3 Å². The highest BCUT2D eigenvalue weighted by Gasteiger charge is 2.31. The van der Waals surface area contributed by atoms with Crippen LogP contribution in [0.2, 0.25) is 10.0 Å². The molecule has 0 atom stereocenters. The lowest BCUT2D eigenvalue weighted by Gasteiger charge is -2.34. The van der Waals surface area contributed by atoms with Gasteiger partial charge in [-0.25, -0.2) is 0 Å². The first-order valence-electron chi connectivity index (χ1n) is 6.20. The van der Waals surface area contributed by atoms with Gasteiger partial charge in [-0.05, 0) is 37.8 Å². The lowest BCUT2D eigenvalue weighted by Crippen LogP contribution is -2.32. The molecule has 0 unspecified atom stereocenters. The predicted molar refractivity (Wildman–Crippen MR) is 73.5 cm³/mol. The Morgan fingerprint density at radius 1 is 1.39 bits per heavy atom. The zero-order chi connectivity index (χ0) is 13.1. The molecule has 0 aromatic heterocycles. The van der Waals surface area contributed by atoms with Crippen molar-refractivity contribution >= 4 is 29.0 Å². The summed E-state index contributed by atoms with van der Waals surface area (Å²) in [5.41, 5.74) is 0.532. The fourth-order valence-corrected chi connectivity index (χ4v) is 2.71. The lowest BCUT2D eigenvalue weighted by molar-refractivity contribution is -0.0246. The van der Waals surface area contributed by atoms with Gasteiger partial charge in [-0.15, -0.1) is 0 Å². The molecule has 0 bridgehead atoms. The first kappa shape index (κ1) is 13.9. The maximum Gasteiger partial charge on any atom is 0.164 e. The molecule has 98 valence electrons. The normalized spacial score (nSPS) is 22.6. The molecular formula is C14H16Cl2O2. The second-order valence-electron chi connectivity index (χ2n) is 4.64. The van der Waals surface area contributed by atoms with Crippen molar-refractivity contribution < 1.29 is 9.53 Å². The summed E-state index contributed by atoms with van der Waals surface area (Å²) in [6, 6.07) is 5.18. The molecule has 2 nitrogen and oxygen atoms in total. The average Bonchev–Trinajstić information content (AvgIpc) is 2.30. The van der Waals surface area contributed by atoms with Gasteiger partial charge >= 0.3 is 0 Å². The van der Waals surface area contributed by atoms with Gasteiger partial charge in [0.15, 0.2) is 5.78 Å². The van der Waals surface area contributed by atoms with Crippen molar-refractivity contribution in [2.24, 2.45) is 5.92 Å². The Balaban J connectivity index is 1.91. The van der Waals surface area contributed by atoms with Crippen molar-refractivity contribution in [3.8, 4) is 0 Å². The average molecular weight is 287 g/mol. The van der Waals surface area contributed by atoms with Crippen LogP contribution in [0.25, 0.3) is 0 Å². The molecule has 0 heterocycles. The molecular weight excluding hydrogens is 271 g/mol. The summed E-state index contributed by atoms with van der Waals surface area (Å²) in [4.78, 5) is 12.1. The van der Waals surface area contributed by atoms with E-state index in [2.05, 4.69) is 0 Å². The summed E-state index contributed by atoms with van der Waals surface area (Å²) >= 11 is 11.9. The Kier molecular flexibility index (Phi) is 4.66. The van der Waals surface area contributed by atoms with Crippen LogP contribution in [-0.4, -0.2) is 18.5 Å². The van der Waals surface area contributed by atoms with Crippen molar-refractivity contribution in [1.29, 1.82) is 0 Å². The minimum atomic E-state index is 0.0717. The number of halogens is 2. The Morgan fingerprint density at radius 3 is 2.78 bits per heavy atom. The van der Waals surface area contributed by atoms with Crippen LogP contribution >= 0.6 is 23.2 Å². The number of rotatable bonds is 5. The Bertz CT molecular complexity index is 439. The highest BCUT2D eigenvalue weighted by molar-refractivity contribution is 6.43. The van der Waals surface area contributed by atoms with E-state index in [1.807, 2.05) is 6.92 Å². The van der Waals surface area contributed by atoms with Gasteiger partial charge in [0.05, 0.1) is 16.1 Å². The van der Waals surface area contributed by atoms with E-state index in [0.717, 1.165) is 19.4 Å². The van der Waals surface area contributed by atoms with E-state index < -0.39 is 0 Å². The standard InChI is InChI=1S/C14H16Cl2O2/c1-2-18-10-6-9(7-10)8-13(17)11-4-3-5-12(15)14(11)16/h3-5,9-10H,2,6-8H2,1H3. The molecule has 0 amide bonds. The monoisotopic (exact) mass is 286 g/mol. The van der Waals surface area contributed by atoms with E-state index in [4.69, 9.17) is 27.9 Å². The highest BCUT2D eigenvalue weighted by Crippen LogP contribution is 2.35. The maximum absolute atomic E-state index is 12.1. The third-order valence-corrected chi connectivity index (χ3v) is 4.14. The number of carbonyl (C=O) groups is 1. The summed E-state index contributed by atoms with van der Waals surface area (Å²) in [6.45, 7) is 2.73. The van der Waals surface area contributed by atoms with Gasteiger partial charge in [0, 0.05) is 18.6 Å². The van der Waals surface area contributed by atoms with Crippen molar-refractivity contribution in [3.63, 3.8) is 0 Å². The van der Waals surface area contributed by atoms with Crippen LogP contribution in [0.3, 0.4) is 0 Å². The predicted octanol–water partition coefficient (Wildman–Crippen LogP) is 4.38. The van der Waals surface area contributed by atoms with Crippen molar-refractivity contribution in [3.05, 3.63) is 33.8 Å². The molecule has 0 aliphatic heterocycles. The van der Waals surface area contributed by atoms with E-state index >= 15 is 0 Å². The minimum absolute atomic E-state index is 0.0717. The summed E-state index contributed by atoms with van der Waals surface area (Å²) in [5, 5.41) is 0.799. The number of hydrogen-bond acceptors (Lipinski definition) is 2. The van der Waals surface area contributed by atoms with Crippen LogP contribution in [-0.2, 0) is 4.74 Å². The zero-order valence-electron chi connectivity index (χ0n) is 10.3. The second-order valence-corrected chi connectivity index (χ2v) is 5.43. The van der Waals surface area contributed by atoms with Gasteiger partial charge in [0.2, 0.25) is 0 Å². The van der Waals surface area contributed by atoms with Crippen LogP contribution in [0.15, 0.2) is 18.2 Å². The summed E-state index contributed by atoms with van der Waals surface area (Å²) < 4.78 is 5.48. The summed E-state index contributed by atoms with van der Waals surface area (Å²) in [7, 11) is 0.